The monoisotopic (exact) mass is 459 g/mol. The summed E-state index contributed by atoms with van der Waals surface area (Å²) in [5, 5.41) is 11.9. The maximum Gasteiger partial charge on any atom is 0.0992 e. The number of benzene rings is 2. The zero-order valence-corrected chi connectivity index (χ0v) is 18.8. The maximum absolute atomic E-state index is 9.24. The van der Waals surface area contributed by atoms with Crippen LogP contribution in [0.1, 0.15) is 22.4 Å². The summed E-state index contributed by atoms with van der Waals surface area (Å²) in [5.41, 5.74) is 5.02. The van der Waals surface area contributed by atoms with Gasteiger partial charge >= 0.3 is 0 Å². The highest BCUT2D eigenvalue weighted by molar-refractivity contribution is 6.37. The second kappa shape index (κ2) is 8.53. The average molecular weight is 461 g/mol. The molecule has 1 aromatic heterocycles. The molecule has 1 aliphatic heterocycles. The molecule has 30 heavy (non-hydrogen) atoms. The molecule has 3 aromatic rings. The first-order valence-corrected chi connectivity index (χ1v) is 10.7. The number of hydrogen-bond donors (Lipinski definition) is 0. The third-order valence-electron chi connectivity index (χ3n) is 5.59. The van der Waals surface area contributed by atoms with Crippen molar-refractivity contribution in [1.82, 2.24) is 9.47 Å². The Morgan fingerprint density at radius 1 is 1.13 bits per heavy atom. The minimum Gasteiger partial charge on any atom is -0.378 e. The third-order valence-corrected chi connectivity index (χ3v) is 6.69. The molecule has 0 bridgehead atoms. The average Bonchev–Trinajstić information content (AvgIpc) is 3.07. The summed E-state index contributed by atoms with van der Waals surface area (Å²) < 4.78 is 7.46. The largest absolute Gasteiger partial charge is 0.378 e. The molecule has 1 aliphatic rings. The van der Waals surface area contributed by atoms with Crippen LogP contribution in [0.2, 0.25) is 15.1 Å². The quantitative estimate of drug-likeness (QED) is 0.486. The van der Waals surface area contributed by atoms with E-state index in [0.717, 1.165) is 46.5 Å². The first-order chi connectivity index (χ1) is 14.4. The van der Waals surface area contributed by atoms with Crippen molar-refractivity contribution in [3.8, 4) is 6.07 Å². The van der Waals surface area contributed by atoms with Crippen molar-refractivity contribution in [3.63, 3.8) is 0 Å². The van der Waals surface area contributed by atoms with Crippen molar-refractivity contribution in [3.05, 3.63) is 74.4 Å². The summed E-state index contributed by atoms with van der Waals surface area (Å²) in [6.45, 7) is 7.19. The number of fused-ring (bicyclic) bond motifs is 1. The van der Waals surface area contributed by atoms with Gasteiger partial charge in [0.15, 0.2) is 0 Å². The topological polar surface area (TPSA) is 41.2 Å². The highest BCUT2D eigenvalue weighted by Crippen LogP contribution is 2.36. The number of aromatic nitrogens is 1. The van der Waals surface area contributed by atoms with E-state index in [2.05, 4.69) is 17.5 Å². The van der Waals surface area contributed by atoms with Gasteiger partial charge in [0.2, 0.25) is 0 Å². The number of morpholine rings is 1. The van der Waals surface area contributed by atoms with Crippen LogP contribution in [-0.2, 0) is 18.2 Å². The van der Waals surface area contributed by atoms with E-state index in [1.807, 2.05) is 35.9 Å². The maximum atomic E-state index is 9.24. The molecule has 0 radical (unpaired) electrons. The van der Waals surface area contributed by atoms with E-state index in [0.29, 0.717) is 40.3 Å². The van der Waals surface area contributed by atoms with Gasteiger partial charge in [-0.15, -0.1) is 0 Å². The zero-order valence-electron chi connectivity index (χ0n) is 16.5. The normalized spacial score (nSPS) is 14.2. The predicted octanol–water partition coefficient (Wildman–Crippen LogP) is 5.90. The molecule has 1 fully saturated rings. The van der Waals surface area contributed by atoms with Crippen LogP contribution in [0.5, 0.6) is 0 Å². The second-order valence-electron chi connectivity index (χ2n) is 7.31. The summed E-state index contributed by atoms with van der Waals surface area (Å²) in [5.74, 6) is 0. The van der Waals surface area contributed by atoms with E-state index in [1.165, 1.54) is 0 Å². The molecule has 0 amide bonds. The first-order valence-electron chi connectivity index (χ1n) is 9.57. The van der Waals surface area contributed by atoms with Crippen LogP contribution < -0.4 is 0 Å². The lowest BCUT2D eigenvalue weighted by Crippen LogP contribution is -2.34. The second-order valence-corrected chi connectivity index (χ2v) is 8.50. The van der Waals surface area contributed by atoms with Gasteiger partial charge in [-0.05, 0) is 35.9 Å². The number of nitriles is 1. The molecule has 0 aliphatic carbocycles. The zero-order chi connectivity index (χ0) is 21.4. The SMILES string of the molecule is C=C(c1ccc(Cl)c(Cc2cc3c(Cl)cc(C#N)cc3n2C)c1Cl)N1CCOCC1. The van der Waals surface area contributed by atoms with Gasteiger partial charge in [0.25, 0.3) is 0 Å². The van der Waals surface area contributed by atoms with Crippen molar-refractivity contribution < 1.29 is 4.74 Å². The van der Waals surface area contributed by atoms with E-state index in [1.54, 1.807) is 6.07 Å². The molecule has 1 saturated heterocycles. The van der Waals surface area contributed by atoms with Gasteiger partial charge in [-0.2, -0.15) is 5.26 Å². The van der Waals surface area contributed by atoms with Crippen LogP contribution in [-0.4, -0.2) is 35.8 Å². The van der Waals surface area contributed by atoms with E-state index >= 15 is 0 Å². The van der Waals surface area contributed by atoms with Crippen LogP contribution >= 0.6 is 34.8 Å². The molecule has 7 heteroatoms. The predicted molar refractivity (Wildman–Crippen MR) is 123 cm³/mol. The Kier molecular flexibility index (Phi) is 5.99. The summed E-state index contributed by atoms with van der Waals surface area (Å²) in [6.07, 6.45) is 0.533. The van der Waals surface area contributed by atoms with Crippen LogP contribution in [0.15, 0.2) is 36.9 Å². The Balaban J connectivity index is 1.73. The Bertz CT molecular complexity index is 1190. The molecule has 0 atom stereocenters. The standard InChI is InChI=1S/C23H20Cl3N3O/c1-14(29-5-7-30-8-6-29)17-3-4-20(24)19(23(17)26)12-16-11-18-21(25)9-15(13-27)10-22(18)28(16)2/h3-4,9-11H,1,5-8,12H2,2H3. The van der Waals surface area contributed by atoms with Gasteiger partial charge in [-0.25, -0.2) is 0 Å². The molecule has 0 spiro atoms. The lowest BCUT2D eigenvalue weighted by molar-refractivity contribution is 0.0641. The number of ether oxygens (including phenoxy) is 1. The van der Waals surface area contributed by atoms with Gasteiger partial charge in [-0.1, -0.05) is 41.4 Å². The number of nitrogens with zero attached hydrogens (tertiary/aromatic N) is 3. The summed E-state index contributed by atoms with van der Waals surface area (Å²) in [4.78, 5) is 2.18. The third kappa shape index (κ3) is 3.79. The fraction of sp³-hybridized carbons (Fsp3) is 0.261. The molecule has 0 N–H and O–H groups in total. The Labute approximate surface area is 190 Å². The van der Waals surface area contributed by atoms with Crippen LogP contribution in [0, 0.1) is 11.3 Å². The van der Waals surface area contributed by atoms with E-state index in [9.17, 15) is 5.26 Å². The summed E-state index contributed by atoms with van der Waals surface area (Å²) in [7, 11) is 1.95. The Morgan fingerprint density at radius 3 is 2.57 bits per heavy atom. The van der Waals surface area contributed by atoms with E-state index < -0.39 is 0 Å². The number of halogens is 3. The molecule has 2 aromatic carbocycles. The van der Waals surface area contributed by atoms with Gasteiger partial charge in [-0.3, -0.25) is 0 Å². The summed E-state index contributed by atoms with van der Waals surface area (Å²) >= 11 is 19.8. The van der Waals surface area contributed by atoms with E-state index in [4.69, 9.17) is 39.5 Å². The lowest BCUT2D eigenvalue weighted by atomic mass is 10.0. The molecule has 154 valence electrons. The molecule has 2 heterocycles. The van der Waals surface area contributed by atoms with Crippen LogP contribution in [0.4, 0.5) is 0 Å². The molecular formula is C23H20Cl3N3O. The van der Waals surface area contributed by atoms with Crippen molar-refractivity contribution in [2.75, 3.05) is 26.3 Å². The number of aryl methyl sites for hydroxylation is 1. The van der Waals surface area contributed by atoms with Gasteiger partial charge < -0.3 is 14.2 Å². The highest BCUT2D eigenvalue weighted by atomic mass is 35.5. The van der Waals surface area contributed by atoms with Crippen molar-refractivity contribution >= 4 is 51.4 Å². The van der Waals surface area contributed by atoms with Crippen LogP contribution in [0.25, 0.3) is 16.6 Å². The van der Waals surface area contributed by atoms with Gasteiger partial charge in [0.05, 0.1) is 40.4 Å². The fourth-order valence-corrected chi connectivity index (χ4v) is 4.73. The molecule has 0 saturated carbocycles. The summed E-state index contributed by atoms with van der Waals surface area (Å²) in [6, 6.07) is 11.5. The van der Waals surface area contributed by atoms with E-state index in [-0.39, 0.29) is 0 Å². The molecule has 0 unspecified atom stereocenters. The Hall–Kier alpha value is -2.16. The Morgan fingerprint density at radius 2 is 1.87 bits per heavy atom. The minimum atomic E-state index is 0.528. The lowest BCUT2D eigenvalue weighted by Gasteiger charge is -2.31. The van der Waals surface area contributed by atoms with Crippen molar-refractivity contribution in [1.29, 1.82) is 5.26 Å². The molecule has 4 rings (SSSR count). The van der Waals surface area contributed by atoms with Gasteiger partial charge in [0.1, 0.15) is 0 Å². The fourth-order valence-electron chi connectivity index (χ4n) is 3.84. The minimum absolute atomic E-state index is 0.528. The highest BCUT2D eigenvalue weighted by Gasteiger charge is 2.20. The number of rotatable bonds is 4. The molecular weight excluding hydrogens is 441 g/mol. The smallest absolute Gasteiger partial charge is 0.0992 e. The van der Waals surface area contributed by atoms with Gasteiger partial charge in [0, 0.05) is 53.9 Å². The molecule has 4 nitrogen and oxygen atoms in total. The van der Waals surface area contributed by atoms with Crippen molar-refractivity contribution in [2.24, 2.45) is 7.05 Å². The van der Waals surface area contributed by atoms with Crippen molar-refractivity contribution in [2.45, 2.75) is 6.42 Å². The van der Waals surface area contributed by atoms with Crippen LogP contribution in [0.3, 0.4) is 0 Å². The first kappa shape index (κ1) is 21.1. The number of hydrogen-bond acceptors (Lipinski definition) is 3.